The van der Waals surface area contributed by atoms with Crippen LogP contribution < -0.4 is 5.32 Å². The van der Waals surface area contributed by atoms with Gasteiger partial charge in [-0.15, -0.1) is 0 Å². The van der Waals surface area contributed by atoms with Gasteiger partial charge in [0, 0.05) is 34.6 Å². The normalized spacial score (nSPS) is 14.6. The van der Waals surface area contributed by atoms with E-state index in [4.69, 9.17) is 11.6 Å². The van der Waals surface area contributed by atoms with Gasteiger partial charge in [-0.2, -0.15) is 0 Å². The molecule has 0 saturated heterocycles. The van der Waals surface area contributed by atoms with Crippen LogP contribution in [0, 0.1) is 6.92 Å². The number of hydrogen-bond acceptors (Lipinski definition) is 3. The van der Waals surface area contributed by atoms with E-state index in [2.05, 4.69) is 15.0 Å². The smallest absolute Gasteiger partial charge is 0.305 e. The zero-order valence-electron chi connectivity index (χ0n) is 13.4. The summed E-state index contributed by atoms with van der Waals surface area (Å²) >= 11 is 6.04. The highest BCUT2D eigenvalue weighted by Gasteiger charge is 2.24. The van der Waals surface area contributed by atoms with Crippen molar-refractivity contribution in [3.05, 3.63) is 51.8 Å². The molecule has 5 nitrogen and oxygen atoms in total. The molecule has 0 unspecified atom stereocenters. The highest BCUT2D eigenvalue weighted by molar-refractivity contribution is 6.36. The average molecular weight is 345 g/mol. The van der Waals surface area contributed by atoms with Crippen molar-refractivity contribution in [3.8, 4) is 0 Å². The number of esters is 1. The van der Waals surface area contributed by atoms with E-state index in [-0.39, 0.29) is 11.9 Å². The van der Waals surface area contributed by atoms with Crippen molar-refractivity contribution < 1.29 is 14.3 Å². The van der Waals surface area contributed by atoms with Crippen LogP contribution in [0.4, 0.5) is 5.69 Å². The number of H-pyrrole nitrogens is 1. The van der Waals surface area contributed by atoms with E-state index in [9.17, 15) is 9.59 Å². The molecule has 1 amide bonds. The number of methoxy groups -OCH3 is 1. The lowest BCUT2D eigenvalue weighted by atomic mass is 10.0. The summed E-state index contributed by atoms with van der Waals surface area (Å²) in [6.07, 6.45) is 4.59. The maximum atomic E-state index is 12.2. The van der Waals surface area contributed by atoms with Gasteiger partial charge in [-0.3, -0.25) is 9.59 Å². The predicted molar refractivity (Wildman–Crippen MR) is 93.8 cm³/mol. The van der Waals surface area contributed by atoms with Crippen LogP contribution in [0.3, 0.4) is 0 Å². The number of carbonyl (C=O) groups is 2. The van der Waals surface area contributed by atoms with Crippen molar-refractivity contribution in [1.82, 2.24) is 4.98 Å². The molecule has 6 heteroatoms. The number of nitrogens with one attached hydrogen (secondary N) is 2. The van der Waals surface area contributed by atoms with Crippen LogP contribution in [0.25, 0.3) is 11.6 Å². The van der Waals surface area contributed by atoms with Crippen molar-refractivity contribution in [2.75, 3.05) is 12.4 Å². The third-order valence-corrected chi connectivity index (χ3v) is 4.40. The Balaban J connectivity index is 1.90. The number of aryl methyl sites for hydroxylation is 1. The first-order chi connectivity index (χ1) is 11.5. The molecule has 1 aliphatic heterocycles. The zero-order valence-corrected chi connectivity index (χ0v) is 14.2. The molecule has 0 bridgehead atoms. The molecule has 124 valence electrons. The second-order valence-electron chi connectivity index (χ2n) is 5.63. The van der Waals surface area contributed by atoms with E-state index >= 15 is 0 Å². The number of halogens is 1. The van der Waals surface area contributed by atoms with Gasteiger partial charge < -0.3 is 15.0 Å². The second-order valence-corrected chi connectivity index (χ2v) is 6.07. The fraction of sp³-hybridized carbons (Fsp3) is 0.222. The molecule has 2 heterocycles. The summed E-state index contributed by atoms with van der Waals surface area (Å²) in [5.74, 6) is -0.397. The summed E-state index contributed by atoms with van der Waals surface area (Å²) in [6.45, 7) is 1.96. The van der Waals surface area contributed by atoms with Gasteiger partial charge in [0.1, 0.15) is 0 Å². The minimum absolute atomic E-state index is 0.155. The number of aromatic nitrogens is 1. The third-order valence-electron chi connectivity index (χ3n) is 4.17. The topological polar surface area (TPSA) is 71.2 Å². The van der Waals surface area contributed by atoms with Crippen LogP contribution in [-0.4, -0.2) is 24.0 Å². The summed E-state index contributed by atoms with van der Waals surface area (Å²) in [4.78, 5) is 26.7. The summed E-state index contributed by atoms with van der Waals surface area (Å²) in [5.41, 5.74) is 4.99. The molecule has 24 heavy (non-hydrogen) atoms. The number of anilines is 1. The van der Waals surface area contributed by atoms with E-state index in [1.165, 1.54) is 7.11 Å². The molecule has 3 rings (SSSR count). The summed E-state index contributed by atoms with van der Waals surface area (Å²) in [6, 6.07) is 5.31. The van der Waals surface area contributed by atoms with Crippen molar-refractivity contribution in [2.45, 2.75) is 19.8 Å². The molecule has 1 aromatic heterocycles. The van der Waals surface area contributed by atoms with Gasteiger partial charge >= 0.3 is 5.97 Å². The molecule has 0 saturated carbocycles. The van der Waals surface area contributed by atoms with Crippen molar-refractivity contribution in [1.29, 1.82) is 0 Å². The Kier molecular flexibility index (Phi) is 4.44. The predicted octanol–water partition coefficient (Wildman–Crippen LogP) is 3.57. The summed E-state index contributed by atoms with van der Waals surface area (Å²) in [7, 11) is 1.38. The zero-order chi connectivity index (χ0) is 17.3. The molecular formula is C18H17ClN2O3. The van der Waals surface area contributed by atoms with Crippen LogP contribution in [0.1, 0.15) is 28.8 Å². The second kappa shape index (κ2) is 6.53. The molecule has 1 aromatic carbocycles. The first kappa shape index (κ1) is 16.3. The molecular weight excluding hydrogens is 328 g/mol. The van der Waals surface area contributed by atoms with Gasteiger partial charge in [0.05, 0.1) is 12.7 Å². The lowest BCUT2D eigenvalue weighted by molar-refractivity contribution is -0.140. The Morgan fingerprint density at radius 1 is 1.38 bits per heavy atom. The van der Waals surface area contributed by atoms with Crippen LogP contribution in [0.2, 0.25) is 5.02 Å². The number of aromatic amines is 1. The Morgan fingerprint density at radius 3 is 2.92 bits per heavy atom. The number of hydrogen-bond donors (Lipinski definition) is 2. The number of fused-ring (bicyclic) bond motifs is 1. The lowest BCUT2D eigenvalue weighted by Gasteiger charge is -2.01. The highest BCUT2D eigenvalue weighted by Crippen LogP contribution is 2.35. The molecule has 2 aromatic rings. The van der Waals surface area contributed by atoms with Gasteiger partial charge in [0.25, 0.3) is 5.91 Å². The first-order valence-corrected chi connectivity index (χ1v) is 7.94. The Bertz CT molecular complexity index is 852. The molecule has 0 atom stereocenters. The van der Waals surface area contributed by atoms with Gasteiger partial charge in [0.2, 0.25) is 0 Å². The molecule has 2 N–H and O–H groups in total. The quantitative estimate of drug-likeness (QED) is 0.658. The van der Waals surface area contributed by atoms with Crippen LogP contribution in [0.5, 0.6) is 0 Å². The molecule has 0 spiro atoms. The maximum absolute atomic E-state index is 12.2. The van der Waals surface area contributed by atoms with Gasteiger partial charge in [0.15, 0.2) is 0 Å². The summed E-state index contributed by atoms with van der Waals surface area (Å²) < 4.78 is 4.66. The van der Waals surface area contributed by atoms with Gasteiger partial charge in [-0.25, -0.2) is 0 Å². The first-order valence-electron chi connectivity index (χ1n) is 7.56. The number of ether oxygens (including phenoxy) is 1. The number of benzene rings is 1. The molecule has 0 fully saturated rings. The Hall–Kier alpha value is -2.53. The van der Waals surface area contributed by atoms with Crippen LogP contribution >= 0.6 is 11.6 Å². The average Bonchev–Trinajstić information content (AvgIpc) is 3.06. The standard InChI is InChI=1S/C18H17ClN2O3/c1-10-11(3-6-17(22)24-2)9-20-16(10)8-14-13-7-12(19)4-5-15(13)21-18(14)23/h4-5,7-9,20H,3,6H2,1-2H3,(H,21,23). The minimum Gasteiger partial charge on any atom is -0.469 e. The SMILES string of the molecule is COC(=O)CCc1c[nH]c(C=C2C(=O)Nc3ccc(Cl)cc32)c1C. The number of carbonyl (C=O) groups excluding carboxylic acids is 2. The van der Waals surface area contributed by atoms with Gasteiger partial charge in [-0.05, 0) is 48.7 Å². The summed E-state index contributed by atoms with van der Waals surface area (Å²) in [5, 5.41) is 3.41. The molecule has 0 radical (unpaired) electrons. The minimum atomic E-state index is -0.241. The maximum Gasteiger partial charge on any atom is 0.305 e. The van der Waals surface area contributed by atoms with E-state index in [0.717, 1.165) is 28.1 Å². The van der Waals surface area contributed by atoms with Crippen molar-refractivity contribution in [3.63, 3.8) is 0 Å². The van der Waals surface area contributed by atoms with Crippen molar-refractivity contribution in [2.24, 2.45) is 0 Å². The lowest BCUT2D eigenvalue weighted by Crippen LogP contribution is -2.03. The largest absolute Gasteiger partial charge is 0.469 e. The molecule has 1 aliphatic rings. The van der Waals surface area contributed by atoms with E-state index in [1.807, 2.05) is 19.2 Å². The van der Waals surface area contributed by atoms with Gasteiger partial charge in [-0.1, -0.05) is 11.6 Å². The van der Waals surface area contributed by atoms with E-state index < -0.39 is 0 Å². The fourth-order valence-electron chi connectivity index (χ4n) is 2.75. The van der Waals surface area contributed by atoms with Crippen LogP contribution in [0.15, 0.2) is 24.4 Å². The van der Waals surface area contributed by atoms with E-state index in [1.54, 1.807) is 18.2 Å². The third kappa shape index (κ3) is 3.08. The monoisotopic (exact) mass is 344 g/mol. The highest BCUT2D eigenvalue weighted by atomic mass is 35.5. The molecule has 0 aliphatic carbocycles. The fourth-order valence-corrected chi connectivity index (χ4v) is 2.92. The van der Waals surface area contributed by atoms with Crippen LogP contribution in [-0.2, 0) is 20.7 Å². The number of amides is 1. The van der Waals surface area contributed by atoms with E-state index in [0.29, 0.717) is 23.4 Å². The Morgan fingerprint density at radius 2 is 2.17 bits per heavy atom. The number of rotatable bonds is 4. The van der Waals surface area contributed by atoms with Crippen molar-refractivity contribution >= 4 is 40.8 Å². The Labute approximate surface area is 144 Å².